The molecule has 0 saturated heterocycles. The number of anilines is 1. The van der Waals surface area contributed by atoms with Crippen molar-refractivity contribution in [3.63, 3.8) is 0 Å². The minimum absolute atomic E-state index is 0.00723. The highest BCUT2D eigenvalue weighted by Gasteiger charge is 2.29. The van der Waals surface area contributed by atoms with Gasteiger partial charge in [-0.05, 0) is 26.0 Å². The molecule has 8 heteroatoms. The first-order valence-electron chi connectivity index (χ1n) is 7.18. The summed E-state index contributed by atoms with van der Waals surface area (Å²) in [7, 11) is -3.55. The summed E-state index contributed by atoms with van der Waals surface area (Å²) < 4.78 is 27.6. The van der Waals surface area contributed by atoms with Crippen molar-refractivity contribution >= 4 is 27.7 Å². The predicted molar refractivity (Wildman–Crippen MR) is 86.1 cm³/mol. The summed E-state index contributed by atoms with van der Waals surface area (Å²) in [6.45, 7) is 2.63. The van der Waals surface area contributed by atoms with Crippen LogP contribution in [0.5, 0.6) is 0 Å². The smallest absolute Gasteiger partial charge is 0.243 e. The molecular formula is C13H22N4O2S2. The molecule has 1 aromatic rings. The molecule has 0 radical (unpaired) electrons. The van der Waals surface area contributed by atoms with Crippen LogP contribution in [0, 0.1) is 0 Å². The first kappa shape index (κ1) is 16.5. The lowest BCUT2D eigenvalue weighted by Gasteiger charge is -2.30. The largest absolute Gasteiger partial charge is 0.355 e. The lowest BCUT2D eigenvalue weighted by Crippen LogP contribution is -2.43. The molecule has 1 aromatic heterocycles. The van der Waals surface area contributed by atoms with Crippen LogP contribution in [0.25, 0.3) is 0 Å². The van der Waals surface area contributed by atoms with Crippen molar-refractivity contribution in [2.45, 2.75) is 48.8 Å². The number of aromatic nitrogens is 2. The molecule has 2 atom stereocenters. The topological polar surface area (TPSA) is 84.0 Å². The third-order valence-corrected chi connectivity index (χ3v) is 6.20. The molecule has 0 spiro atoms. The van der Waals surface area contributed by atoms with Crippen molar-refractivity contribution in [3.05, 3.63) is 12.4 Å². The molecule has 118 valence electrons. The van der Waals surface area contributed by atoms with E-state index in [-0.39, 0.29) is 10.9 Å². The fourth-order valence-corrected chi connectivity index (χ4v) is 4.71. The molecule has 0 bridgehead atoms. The molecular weight excluding hydrogens is 308 g/mol. The molecule has 0 amide bonds. The van der Waals surface area contributed by atoms with Crippen LogP contribution in [0.3, 0.4) is 0 Å². The van der Waals surface area contributed by atoms with E-state index in [1.165, 1.54) is 18.8 Å². The first-order chi connectivity index (χ1) is 10.1. The number of nitrogens with zero attached hydrogens (tertiary/aromatic N) is 2. The van der Waals surface area contributed by atoms with Gasteiger partial charge in [0, 0.05) is 17.8 Å². The van der Waals surface area contributed by atoms with Gasteiger partial charge in [0.2, 0.25) is 16.0 Å². The summed E-state index contributed by atoms with van der Waals surface area (Å²) in [5.74, 6) is 0.441. The molecule has 2 unspecified atom stereocenters. The molecule has 1 aliphatic carbocycles. The number of thioether (sulfide) groups is 1. The Morgan fingerprint density at radius 3 is 2.57 bits per heavy atom. The van der Waals surface area contributed by atoms with Gasteiger partial charge in [0.1, 0.15) is 4.90 Å². The third-order valence-electron chi connectivity index (χ3n) is 3.59. The van der Waals surface area contributed by atoms with Crippen LogP contribution in [-0.2, 0) is 10.0 Å². The highest BCUT2D eigenvalue weighted by atomic mass is 32.2. The lowest BCUT2D eigenvalue weighted by atomic mass is 9.96. The Kier molecular flexibility index (Phi) is 5.83. The summed E-state index contributed by atoms with van der Waals surface area (Å²) in [5, 5.41) is 3.29. The Labute approximate surface area is 130 Å². The minimum Gasteiger partial charge on any atom is -0.355 e. The molecule has 2 N–H and O–H groups in total. The summed E-state index contributed by atoms with van der Waals surface area (Å²) in [6.07, 6.45) is 8.93. The normalized spacial score (nSPS) is 23.0. The van der Waals surface area contributed by atoms with E-state index in [2.05, 4.69) is 20.0 Å². The summed E-state index contributed by atoms with van der Waals surface area (Å²) >= 11 is 1.73. The monoisotopic (exact) mass is 330 g/mol. The van der Waals surface area contributed by atoms with Crippen molar-refractivity contribution in [1.29, 1.82) is 0 Å². The Balaban J connectivity index is 2.10. The number of nitrogens with one attached hydrogen (secondary N) is 2. The molecule has 2 rings (SSSR count). The lowest BCUT2D eigenvalue weighted by molar-refractivity contribution is 0.423. The van der Waals surface area contributed by atoms with Gasteiger partial charge in [0.15, 0.2) is 0 Å². The number of hydrogen-bond donors (Lipinski definition) is 2. The van der Waals surface area contributed by atoms with Gasteiger partial charge in [0.25, 0.3) is 0 Å². The second-order valence-electron chi connectivity index (χ2n) is 5.06. The van der Waals surface area contributed by atoms with E-state index in [1.54, 1.807) is 11.8 Å². The van der Waals surface area contributed by atoms with Crippen molar-refractivity contribution < 1.29 is 8.42 Å². The average Bonchev–Trinajstić information content (AvgIpc) is 2.48. The fourth-order valence-electron chi connectivity index (χ4n) is 2.49. The van der Waals surface area contributed by atoms with E-state index in [9.17, 15) is 8.42 Å². The van der Waals surface area contributed by atoms with Crippen LogP contribution < -0.4 is 10.0 Å². The van der Waals surface area contributed by atoms with E-state index in [4.69, 9.17) is 0 Å². The van der Waals surface area contributed by atoms with E-state index in [0.29, 0.717) is 17.7 Å². The summed E-state index contributed by atoms with van der Waals surface area (Å²) in [4.78, 5) is 8.16. The summed E-state index contributed by atoms with van der Waals surface area (Å²) in [6, 6.07) is -0.00723. The SMILES string of the molecule is CCNc1ncc(S(=O)(=O)NC2CCCCC2SC)cn1. The van der Waals surface area contributed by atoms with Crippen molar-refractivity contribution in [1.82, 2.24) is 14.7 Å². The van der Waals surface area contributed by atoms with Crippen LogP contribution in [0.15, 0.2) is 17.3 Å². The van der Waals surface area contributed by atoms with Gasteiger partial charge in [-0.2, -0.15) is 11.8 Å². The van der Waals surface area contributed by atoms with Crippen LogP contribution >= 0.6 is 11.8 Å². The number of hydrogen-bond acceptors (Lipinski definition) is 6. The molecule has 6 nitrogen and oxygen atoms in total. The summed E-state index contributed by atoms with van der Waals surface area (Å²) in [5.41, 5.74) is 0. The number of rotatable bonds is 6. The van der Waals surface area contributed by atoms with Crippen LogP contribution in [0.2, 0.25) is 0 Å². The van der Waals surface area contributed by atoms with Gasteiger partial charge >= 0.3 is 0 Å². The van der Waals surface area contributed by atoms with Crippen molar-refractivity contribution in [3.8, 4) is 0 Å². The van der Waals surface area contributed by atoms with E-state index in [1.807, 2.05) is 13.2 Å². The molecule has 1 fully saturated rings. The maximum absolute atomic E-state index is 12.4. The zero-order valence-electron chi connectivity index (χ0n) is 12.4. The molecule has 21 heavy (non-hydrogen) atoms. The van der Waals surface area contributed by atoms with Crippen LogP contribution in [0.1, 0.15) is 32.6 Å². The molecule has 1 saturated carbocycles. The molecule has 1 aliphatic rings. The van der Waals surface area contributed by atoms with Crippen LogP contribution in [-0.4, -0.2) is 42.5 Å². The van der Waals surface area contributed by atoms with Gasteiger partial charge in [-0.1, -0.05) is 12.8 Å². The van der Waals surface area contributed by atoms with Gasteiger partial charge in [0.05, 0.1) is 12.4 Å². The van der Waals surface area contributed by atoms with Gasteiger partial charge < -0.3 is 5.32 Å². The highest BCUT2D eigenvalue weighted by molar-refractivity contribution is 7.99. The predicted octanol–water partition coefficient (Wildman–Crippen LogP) is 1.86. The van der Waals surface area contributed by atoms with Gasteiger partial charge in [-0.3, -0.25) is 0 Å². The molecule has 0 aliphatic heterocycles. The van der Waals surface area contributed by atoms with E-state index in [0.717, 1.165) is 19.3 Å². The molecule has 0 aromatic carbocycles. The van der Waals surface area contributed by atoms with E-state index >= 15 is 0 Å². The van der Waals surface area contributed by atoms with E-state index < -0.39 is 10.0 Å². The Hall–Kier alpha value is -0.860. The quantitative estimate of drug-likeness (QED) is 0.828. The molecule has 1 heterocycles. The zero-order chi connectivity index (χ0) is 15.3. The Bertz CT molecular complexity index is 548. The Morgan fingerprint density at radius 2 is 1.95 bits per heavy atom. The van der Waals surface area contributed by atoms with Gasteiger partial charge in [-0.25, -0.2) is 23.1 Å². The average molecular weight is 330 g/mol. The second-order valence-corrected chi connectivity index (χ2v) is 7.85. The van der Waals surface area contributed by atoms with Gasteiger partial charge in [-0.15, -0.1) is 0 Å². The first-order valence-corrected chi connectivity index (χ1v) is 9.95. The fraction of sp³-hybridized carbons (Fsp3) is 0.692. The van der Waals surface area contributed by atoms with Crippen molar-refractivity contribution in [2.75, 3.05) is 18.1 Å². The number of sulfonamides is 1. The third kappa shape index (κ3) is 4.31. The maximum atomic E-state index is 12.4. The zero-order valence-corrected chi connectivity index (χ0v) is 14.0. The highest BCUT2D eigenvalue weighted by Crippen LogP contribution is 2.28. The Morgan fingerprint density at radius 1 is 1.29 bits per heavy atom. The maximum Gasteiger partial charge on any atom is 0.243 e. The minimum atomic E-state index is -3.55. The second kappa shape index (κ2) is 7.42. The van der Waals surface area contributed by atoms with Crippen molar-refractivity contribution in [2.24, 2.45) is 0 Å². The van der Waals surface area contributed by atoms with Crippen LogP contribution in [0.4, 0.5) is 5.95 Å². The standard InChI is InChI=1S/C13H22N4O2S2/c1-3-14-13-15-8-10(9-16-13)21(18,19)17-11-6-4-5-7-12(11)20-2/h8-9,11-12,17H,3-7H2,1-2H3,(H,14,15,16).